The number of nitrogens with two attached hydrogens (primary N) is 1. The topological polar surface area (TPSA) is 29.3 Å². The maximum Gasteiger partial charge on any atom is 0.142 e. The van der Waals surface area contributed by atoms with Crippen molar-refractivity contribution in [1.82, 2.24) is 4.90 Å². The number of benzene rings is 1. The summed E-state index contributed by atoms with van der Waals surface area (Å²) in [5.41, 5.74) is 7.14. The van der Waals surface area contributed by atoms with E-state index in [4.69, 9.17) is 17.3 Å². The summed E-state index contributed by atoms with van der Waals surface area (Å²) in [4.78, 5) is 2.29. The lowest BCUT2D eigenvalue weighted by atomic mass is 10.2. The number of likely N-dealkylation sites (tertiary alicyclic amines) is 1. The molecule has 0 unspecified atom stereocenters. The maximum absolute atomic E-state index is 13.2. The minimum atomic E-state index is -0.342. The van der Waals surface area contributed by atoms with E-state index < -0.39 is 0 Å². The van der Waals surface area contributed by atoms with Crippen molar-refractivity contribution >= 4 is 11.6 Å². The molecule has 0 aromatic heterocycles. The Kier molecular flexibility index (Phi) is 2.25. The SMILES string of the molecule is N[C@@]12C[C@@H]1CN(Cc1ccc(Cl)c(F)c1)C2. The third-order valence-electron chi connectivity index (χ3n) is 3.67. The largest absolute Gasteiger partial charge is 0.324 e. The summed E-state index contributed by atoms with van der Waals surface area (Å²) in [6.07, 6.45) is 1.15. The number of fused-ring (bicyclic) bond motifs is 1. The van der Waals surface area contributed by atoms with Crippen LogP contribution in [-0.2, 0) is 6.54 Å². The first-order chi connectivity index (χ1) is 7.57. The minimum Gasteiger partial charge on any atom is -0.324 e. The molecule has 0 amide bonds. The van der Waals surface area contributed by atoms with Gasteiger partial charge >= 0.3 is 0 Å². The van der Waals surface area contributed by atoms with Crippen LogP contribution < -0.4 is 5.73 Å². The van der Waals surface area contributed by atoms with Gasteiger partial charge in [0, 0.05) is 25.2 Å². The fraction of sp³-hybridized carbons (Fsp3) is 0.500. The summed E-state index contributed by atoms with van der Waals surface area (Å²) in [6.45, 7) is 2.74. The molecule has 16 heavy (non-hydrogen) atoms. The fourth-order valence-electron chi connectivity index (χ4n) is 2.65. The molecule has 0 spiro atoms. The number of piperidine rings is 1. The highest BCUT2D eigenvalue weighted by Gasteiger charge is 2.56. The molecule has 1 aliphatic carbocycles. The van der Waals surface area contributed by atoms with E-state index in [0.717, 1.165) is 31.6 Å². The van der Waals surface area contributed by atoms with Crippen LogP contribution in [0, 0.1) is 11.7 Å². The van der Waals surface area contributed by atoms with Gasteiger partial charge in [0.25, 0.3) is 0 Å². The summed E-state index contributed by atoms with van der Waals surface area (Å²) in [6, 6.07) is 5.00. The molecule has 1 aliphatic heterocycles. The fourth-order valence-corrected chi connectivity index (χ4v) is 2.77. The van der Waals surface area contributed by atoms with Gasteiger partial charge in [0.1, 0.15) is 5.82 Å². The Labute approximate surface area is 99.2 Å². The van der Waals surface area contributed by atoms with Crippen molar-refractivity contribution in [3.05, 3.63) is 34.6 Å². The lowest BCUT2D eigenvalue weighted by Crippen LogP contribution is -2.32. The second-order valence-corrected chi connectivity index (χ2v) is 5.46. The van der Waals surface area contributed by atoms with Gasteiger partial charge in [0.05, 0.1) is 5.02 Å². The Morgan fingerprint density at radius 2 is 2.38 bits per heavy atom. The molecule has 2 fully saturated rings. The van der Waals surface area contributed by atoms with Gasteiger partial charge in [0.15, 0.2) is 0 Å². The van der Waals surface area contributed by atoms with Gasteiger partial charge in [-0.1, -0.05) is 17.7 Å². The van der Waals surface area contributed by atoms with E-state index >= 15 is 0 Å². The van der Waals surface area contributed by atoms with Gasteiger partial charge in [-0.2, -0.15) is 0 Å². The average Bonchev–Trinajstić information content (AvgIpc) is 2.72. The first kappa shape index (κ1) is 10.5. The van der Waals surface area contributed by atoms with E-state index in [9.17, 15) is 4.39 Å². The van der Waals surface area contributed by atoms with E-state index in [-0.39, 0.29) is 16.4 Å². The first-order valence-corrected chi connectivity index (χ1v) is 5.90. The summed E-state index contributed by atoms with van der Waals surface area (Å²) in [5, 5.41) is 0.184. The molecule has 2 aliphatic rings. The molecule has 4 heteroatoms. The lowest BCUT2D eigenvalue weighted by molar-refractivity contribution is 0.290. The zero-order chi connectivity index (χ0) is 11.3. The Balaban J connectivity index is 1.68. The van der Waals surface area contributed by atoms with Gasteiger partial charge in [-0.05, 0) is 30.0 Å². The van der Waals surface area contributed by atoms with Crippen LogP contribution in [0.25, 0.3) is 0 Å². The smallest absolute Gasteiger partial charge is 0.142 e. The summed E-state index contributed by atoms with van der Waals surface area (Å²) in [7, 11) is 0. The van der Waals surface area contributed by atoms with Crippen molar-refractivity contribution < 1.29 is 4.39 Å². The van der Waals surface area contributed by atoms with Gasteiger partial charge in [-0.25, -0.2) is 4.39 Å². The molecule has 2 atom stereocenters. The number of rotatable bonds is 2. The molecule has 0 bridgehead atoms. The summed E-state index contributed by atoms with van der Waals surface area (Å²) >= 11 is 5.64. The van der Waals surface area contributed by atoms with Crippen LogP contribution in [0.1, 0.15) is 12.0 Å². The molecule has 2 N–H and O–H groups in total. The molecule has 1 saturated carbocycles. The number of halogens is 2. The molecular weight excluding hydrogens is 227 g/mol. The second kappa shape index (κ2) is 3.42. The molecule has 0 radical (unpaired) electrons. The Morgan fingerprint density at radius 1 is 1.56 bits per heavy atom. The second-order valence-electron chi connectivity index (χ2n) is 5.05. The molecule has 1 saturated heterocycles. The van der Waals surface area contributed by atoms with Crippen molar-refractivity contribution in [2.24, 2.45) is 11.7 Å². The molecule has 2 nitrogen and oxygen atoms in total. The molecular formula is C12H14ClFN2. The van der Waals surface area contributed by atoms with Crippen LogP contribution in [0.4, 0.5) is 4.39 Å². The van der Waals surface area contributed by atoms with Crippen molar-refractivity contribution in [3.8, 4) is 0 Å². The lowest BCUT2D eigenvalue weighted by Gasteiger charge is -2.18. The zero-order valence-electron chi connectivity index (χ0n) is 8.92. The Bertz CT molecular complexity index is 437. The highest BCUT2D eigenvalue weighted by atomic mass is 35.5. The third kappa shape index (κ3) is 1.73. The van der Waals surface area contributed by atoms with Crippen LogP contribution in [-0.4, -0.2) is 23.5 Å². The average molecular weight is 241 g/mol. The van der Waals surface area contributed by atoms with Crippen LogP contribution in [0.2, 0.25) is 5.02 Å². The van der Waals surface area contributed by atoms with E-state index in [2.05, 4.69) is 4.90 Å². The first-order valence-electron chi connectivity index (χ1n) is 5.52. The minimum absolute atomic E-state index is 0.0605. The van der Waals surface area contributed by atoms with Crippen molar-refractivity contribution in [1.29, 1.82) is 0 Å². The summed E-state index contributed by atoms with van der Waals surface area (Å²) < 4.78 is 13.2. The molecule has 1 aromatic rings. The third-order valence-corrected chi connectivity index (χ3v) is 3.97. The normalized spacial score (nSPS) is 32.8. The molecule has 86 valence electrons. The van der Waals surface area contributed by atoms with Gasteiger partial charge in [0.2, 0.25) is 0 Å². The van der Waals surface area contributed by atoms with Gasteiger partial charge in [-0.15, -0.1) is 0 Å². The van der Waals surface area contributed by atoms with Crippen molar-refractivity contribution in [3.63, 3.8) is 0 Å². The van der Waals surface area contributed by atoms with Crippen LogP contribution in [0.3, 0.4) is 0 Å². The van der Waals surface area contributed by atoms with Crippen LogP contribution >= 0.6 is 11.6 Å². The van der Waals surface area contributed by atoms with Crippen molar-refractivity contribution in [2.75, 3.05) is 13.1 Å². The number of hydrogen-bond donors (Lipinski definition) is 1. The standard InChI is InChI=1S/C12H14ClFN2/c13-10-2-1-8(3-11(10)14)5-16-6-9-4-12(9,15)7-16/h1-3,9H,4-7,15H2/t9-,12-/m1/s1. The van der Waals surface area contributed by atoms with E-state index in [0.29, 0.717) is 5.92 Å². The Hall–Kier alpha value is -0.640. The van der Waals surface area contributed by atoms with Crippen LogP contribution in [0.5, 0.6) is 0 Å². The van der Waals surface area contributed by atoms with Gasteiger partial charge in [-0.3, -0.25) is 4.90 Å². The number of hydrogen-bond acceptors (Lipinski definition) is 2. The highest BCUT2D eigenvalue weighted by Crippen LogP contribution is 2.47. The predicted molar refractivity (Wildman–Crippen MR) is 61.7 cm³/mol. The van der Waals surface area contributed by atoms with E-state index in [1.807, 2.05) is 6.07 Å². The highest BCUT2D eigenvalue weighted by molar-refractivity contribution is 6.30. The summed E-state index contributed by atoms with van der Waals surface area (Å²) in [5.74, 6) is 0.315. The monoisotopic (exact) mass is 240 g/mol. The quantitative estimate of drug-likeness (QED) is 0.857. The maximum atomic E-state index is 13.2. The molecule has 3 rings (SSSR count). The molecule has 1 heterocycles. The Morgan fingerprint density at radius 3 is 3.00 bits per heavy atom. The number of nitrogens with zero attached hydrogens (tertiary/aromatic N) is 1. The van der Waals surface area contributed by atoms with E-state index in [1.54, 1.807) is 6.07 Å². The van der Waals surface area contributed by atoms with E-state index in [1.165, 1.54) is 6.07 Å². The van der Waals surface area contributed by atoms with Gasteiger partial charge < -0.3 is 5.73 Å². The molecule has 1 aromatic carbocycles. The van der Waals surface area contributed by atoms with Crippen LogP contribution in [0.15, 0.2) is 18.2 Å². The predicted octanol–water partition coefficient (Wildman–Crippen LogP) is 2.01. The van der Waals surface area contributed by atoms with Crippen molar-refractivity contribution in [2.45, 2.75) is 18.5 Å². The zero-order valence-corrected chi connectivity index (χ0v) is 9.67.